The summed E-state index contributed by atoms with van der Waals surface area (Å²) in [6, 6.07) is 2.52. The lowest BCUT2D eigenvalue weighted by molar-refractivity contribution is -0.141. The Morgan fingerprint density at radius 3 is 2.32 bits per heavy atom. The first-order valence-corrected chi connectivity index (χ1v) is 8.56. The molecule has 1 aromatic rings. The smallest absolute Gasteiger partial charge is 0.369 e. The van der Waals surface area contributed by atoms with Gasteiger partial charge in [-0.25, -0.2) is 8.42 Å². The van der Waals surface area contributed by atoms with Crippen LogP contribution in [0, 0.1) is 0 Å². The van der Waals surface area contributed by atoms with Crippen LogP contribution < -0.4 is 4.90 Å². The molecule has 1 aliphatic carbocycles. The Balaban J connectivity index is 1.69. The van der Waals surface area contributed by atoms with Crippen molar-refractivity contribution >= 4 is 15.7 Å². The Hall–Kier alpha value is -1.35. The van der Waals surface area contributed by atoms with Crippen molar-refractivity contribution in [1.82, 2.24) is 9.29 Å². The number of nitrogens with zero attached hydrogens (tertiary/aromatic N) is 3. The Morgan fingerprint density at radius 1 is 1.14 bits per heavy atom. The van der Waals surface area contributed by atoms with Crippen molar-refractivity contribution in [2.45, 2.75) is 24.3 Å². The quantitative estimate of drug-likeness (QED) is 0.844. The van der Waals surface area contributed by atoms with Crippen LogP contribution in [0.25, 0.3) is 0 Å². The molecule has 1 saturated carbocycles. The Kier molecular flexibility index (Phi) is 3.80. The lowest BCUT2D eigenvalue weighted by Crippen LogP contribution is -2.49. The number of aromatic nitrogens is 1. The first kappa shape index (κ1) is 15.5. The van der Waals surface area contributed by atoms with Gasteiger partial charge in [-0.1, -0.05) is 0 Å². The van der Waals surface area contributed by atoms with Crippen molar-refractivity contribution in [2.75, 3.05) is 31.1 Å². The van der Waals surface area contributed by atoms with E-state index in [4.69, 9.17) is 0 Å². The summed E-state index contributed by atoms with van der Waals surface area (Å²) in [6.07, 6.45) is -1.93. The molecule has 5 nitrogen and oxygen atoms in total. The van der Waals surface area contributed by atoms with Gasteiger partial charge in [-0.05, 0) is 25.0 Å². The molecule has 0 radical (unpaired) electrons. The molecule has 0 atom stereocenters. The highest BCUT2D eigenvalue weighted by Gasteiger charge is 2.41. The molecule has 2 heterocycles. The zero-order valence-corrected chi connectivity index (χ0v) is 12.6. The summed E-state index contributed by atoms with van der Waals surface area (Å²) in [4.78, 5) is 5.09. The number of rotatable bonds is 3. The second-order valence-corrected chi connectivity index (χ2v) is 7.74. The monoisotopic (exact) mass is 335 g/mol. The maximum absolute atomic E-state index is 12.7. The zero-order valence-electron chi connectivity index (χ0n) is 11.8. The van der Waals surface area contributed by atoms with Crippen molar-refractivity contribution in [3.8, 4) is 0 Å². The van der Waals surface area contributed by atoms with Crippen LogP contribution in [0.2, 0.25) is 0 Å². The van der Waals surface area contributed by atoms with Crippen molar-refractivity contribution in [3.05, 3.63) is 24.0 Å². The minimum absolute atomic E-state index is 0.253. The molecule has 22 heavy (non-hydrogen) atoms. The van der Waals surface area contributed by atoms with Crippen molar-refractivity contribution < 1.29 is 21.6 Å². The highest BCUT2D eigenvalue weighted by atomic mass is 32.2. The third-order valence-electron chi connectivity index (χ3n) is 3.94. The fraction of sp³-hybridized carbons (Fsp3) is 0.615. The minimum Gasteiger partial charge on any atom is -0.369 e. The second kappa shape index (κ2) is 5.38. The average Bonchev–Trinajstić information content (AvgIpc) is 3.32. The van der Waals surface area contributed by atoms with Gasteiger partial charge >= 0.3 is 6.18 Å². The van der Waals surface area contributed by atoms with Crippen LogP contribution in [-0.4, -0.2) is 49.1 Å². The molecule has 0 amide bonds. The lowest BCUT2D eigenvalue weighted by atomic mass is 10.2. The van der Waals surface area contributed by atoms with E-state index < -0.39 is 21.9 Å². The summed E-state index contributed by atoms with van der Waals surface area (Å²) in [7, 11) is -3.21. The Bertz CT molecular complexity index is 651. The lowest BCUT2D eigenvalue weighted by Gasteiger charge is -2.35. The molecule has 0 aromatic carbocycles. The second-order valence-electron chi connectivity index (χ2n) is 5.53. The highest BCUT2D eigenvalue weighted by molar-refractivity contribution is 7.90. The molecule has 122 valence electrons. The first-order chi connectivity index (χ1) is 10.3. The summed E-state index contributed by atoms with van der Waals surface area (Å²) < 4.78 is 63.7. The minimum atomic E-state index is -4.48. The molecule has 3 rings (SSSR count). The number of pyridine rings is 1. The van der Waals surface area contributed by atoms with E-state index in [1.807, 2.05) is 0 Å². The zero-order chi connectivity index (χ0) is 16.0. The van der Waals surface area contributed by atoms with Gasteiger partial charge in [-0.15, -0.1) is 0 Å². The van der Waals surface area contributed by atoms with E-state index in [1.165, 1.54) is 10.4 Å². The number of halogens is 3. The van der Waals surface area contributed by atoms with E-state index in [9.17, 15) is 21.6 Å². The van der Waals surface area contributed by atoms with Crippen molar-refractivity contribution in [2.24, 2.45) is 0 Å². The van der Waals surface area contributed by atoms with Crippen molar-refractivity contribution in [1.29, 1.82) is 0 Å². The van der Waals surface area contributed by atoms with E-state index in [-0.39, 0.29) is 5.25 Å². The number of hydrogen-bond acceptors (Lipinski definition) is 4. The van der Waals surface area contributed by atoms with Gasteiger partial charge in [-0.3, -0.25) is 4.98 Å². The van der Waals surface area contributed by atoms with Gasteiger partial charge in [0.25, 0.3) is 0 Å². The van der Waals surface area contributed by atoms with E-state index in [0.717, 1.165) is 12.3 Å². The fourth-order valence-corrected chi connectivity index (χ4v) is 4.37. The third kappa shape index (κ3) is 3.05. The van der Waals surface area contributed by atoms with Crippen LogP contribution >= 0.6 is 0 Å². The van der Waals surface area contributed by atoms with E-state index in [0.29, 0.717) is 44.7 Å². The molecule has 0 bridgehead atoms. The van der Waals surface area contributed by atoms with Gasteiger partial charge in [0.1, 0.15) is 5.69 Å². The number of piperazine rings is 1. The average molecular weight is 335 g/mol. The molecule has 0 N–H and O–H groups in total. The highest BCUT2D eigenvalue weighted by Crippen LogP contribution is 2.33. The van der Waals surface area contributed by atoms with Gasteiger partial charge in [0.15, 0.2) is 0 Å². The van der Waals surface area contributed by atoms with Gasteiger partial charge in [0.05, 0.1) is 5.25 Å². The van der Waals surface area contributed by atoms with Crippen LogP contribution in [0.15, 0.2) is 18.3 Å². The summed E-state index contributed by atoms with van der Waals surface area (Å²) in [5.41, 5.74) is -0.510. The Morgan fingerprint density at radius 2 is 1.77 bits per heavy atom. The summed E-state index contributed by atoms with van der Waals surface area (Å²) in [6.45, 7) is 1.38. The van der Waals surface area contributed by atoms with Crippen LogP contribution in [0.5, 0.6) is 0 Å². The molecular formula is C13H16F3N3O2S. The molecule has 0 spiro atoms. The molecule has 2 aliphatic rings. The predicted molar refractivity (Wildman–Crippen MR) is 75.0 cm³/mol. The van der Waals surface area contributed by atoms with Gasteiger partial charge in [-0.2, -0.15) is 17.5 Å². The van der Waals surface area contributed by atoms with E-state index >= 15 is 0 Å². The van der Waals surface area contributed by atoms with E-state index in [1.54, 1.807) is 4.90 Å². The molecule has 2 fully saturated rings. The molecular weight excluding hydrogens is 319 g/mol. The predicted octanol–water partition coefficient (Wildman–Crippen LogP) is 1.71. The molecule has 0 unspecified atom stereocenters. The number of alkyl halides is 3. The topological polar surface area (TPSA) is 53.5 Å². The number of sulfonamides is 1. The normalized spacial score (nSPS) is 21.1. The van der Waals surface area contributed by atoms with Gasteiger partial charge in [0, 0.05) is 38.1 Å². The summed E-state index contributed by atoms with van der Waals surface area (Å²) in [5, 5.41) is -0.253. The van der Waals surface area contributed by atoms with Crippen LogP contribution in [0.1, 0.15) is 18.5 Å². The molecule has 9 heteroatoms. The Labute approximate surface area is 126 Å². The van der Waals surface area contributed by atoms with Gasteiger partial charge in [0.2, 0.25) is 10.0 Å². The largest absolute Gasteiger partial charge is 0.433 e. The van der Waals surface area contributed by atoms with Crippen LogP contribution in [0.3, 0.4) is 0 Å². The molecule has 1 aromatic heterocycles. The molecule has 1 saturated heterocycles. The fourth-order valence-electron chi connectivity index (χ4n) is 2.55. The first-order valence-electron chi connectivity index (χ1n) is 7.05. The standard InChI is InChI=1S/C13H16F3N3O2S/c14-13(15,16)12-9-10(3-4-17-12)18-5-7-19(8-6-18)22(20,21)11-1-2-11/h3-4,9,11H,1-2,5-8H2. The SMILES string of the molecule is O=S(=O)(C1CC1)N1CCN(c2ccnc(C(F)(F)F)c2)CC1. The molecule has 1 aliphatic heterocycles. The summed E-state index contributed by atoms with van der Waals surface area (Å²) >= 11 is 0. The number of hydrogen-bond donors (Lipinski definition) is 0. The van der Waals surface area contributed by atoms with E-state index in [2.05, 4.69) is 4.98 Å². The maximum atomic E-state index is 12.7. The maximum Gasteiger partial charge on any atom is 0.433 e. The third-order valence-corrected chi connectivity index (χ3v) is 6.34. The number of anilines is 1. The summed E-state index contributed by atoms with van der Waals surface area (Å²) in [5.74, 6) is 0. The van der Waals surface area contributed by atoms with Crippen LogP contribution in [-0.2, 0) is 16.2 Å². The van der Waals surface area contributed by atoms with Crippen LogP contribution in [0.4, 0.5) is 18.9 Å². The van der Waals surface area contributed by atoms with Crippen molar-refractivity contribution in [3.63, 3.8) is 0 Å². The van der Waals surface area contributed by atoms with Gasteiger partial charge < -0.3 is 4.90 Å².